The van der Waals surface area contributed by atoms with Gasteiger partial charge in [0, 0.05) is 9.26 Å². The van der Waals surface area contributed by atoms with Gasteiger partial charge in [-0.05, 0) is 46.9 Å². The fraction of sp³-hybridized carbons (Fsp3) is 0. The van der Waals surface area contributed by atoms with Crippen molar-refractivity contribution in [3.05, 3.63) is 45.7 Å². The number of rotatable bonds is 3. The lowest BCUT2D eigenvalue weighted by atomic mass is 10.2. The minimum Gasteiger partial charge on any atom is -0.397 e. The molecule has 0 aliphatic carbocycles. The molecule has 0 aliphatic rings. The number of carbonyl (C=O) groups is 1. The van der Waals surface area contributed by atoms with Gasteiger partial charge in [-0.25, -0.2) is 4.98 Å². The number of aromatic nitrogens is 1. The molecular formula is C12H11IN4O. The minimum atomic E-state index is -0.567. The Morgan fingerprint density at radius 3 is 2.78 bits per heavy atom. The van der Waals surface area contributed by atoms with E-state index in [0.717, 1.165) is 9.26 Å². The Bertz CT molecular complexity index is 600. The maximum Gasteiger partial charge on any atom is 0.252 e. The van der Waals surface area contributed by atoms with Crippen LogP contribution in [-0.4, -0.2) is 10.9 Å². The Kier molecular flexibility index (Phi) is 3.66. The molecule has 18 heavy (non-hydrogen) atoms. The smallest absolute Gasteiger partial charge is 0.252 e. The molecule has 6 heteroatoms. The molecular weight excluding hydrogens is 343 g/mol. The minimum absolute atomic E-state index is 0.272. The van der Waals surface area contributed by atoms with Gasteiger partial charge in [-0.3, -0.25) is 4.79 Å². The lowest BCUT2D eigenvalue weighted by molar-refractivity contribution is 0.100. The number of amides is 1. The molecule has 1 aromatic carbocycles. The Balaban J connectivity index is 2.37. The van der Waals surface area contributed by atoms with Gasteiger partial charge in [-0.15, -0.1) is 0 Å². The van der Waals surface area contributed by atoms with Gasteiger partial charge >= 0.3 is 0 Å². The summed E-state index contributed by atoms with van der Waals surface area (Å²) in [6, 6.07) is 9.20. The van der Waals surface area contributed by atoms with Crippen molar-refractivity contribution in [1.29, 1.82) is 0 Å². The number of nitrogens with one attached hydrogen (secondary N) is 1. The van der Waals surface area contributed by atoms with Crippen molar-refractivity contribution in [2.45, 2.75) is 0 Å². The molecule has 1 aromatic heterocycles. The highest BCUT2D eigenvalue weighted by Gasteiger charge is 2.10. The van der Waals surface area contributed by atoms with Gasteiger partial charge in [0.2, 0.25) is 0 Å². The number of primary amides is 1. The Morgan fingerprint density at radius 1 is 1.33 bits per heavy atom. The highest BCUT2D eigenvalue weighted by Crippen LogP contribution is 2.21. The maximum atomic E-state index is 11.3. The molecule has 1 heterocycles. The third-order valence-corrected chi connectivity index (χ3v) is 2.93. The van der Waals surface area contributed by atoms with Crippen LogP contribution in [0, 0.1) is 3.57 Å². The van der Waals surface area contributed by atoms with Crippen LogP contribution in [0.3, 0.4) is 0 Å². The van der Waals surface area contributed by atoms with E-state index in [1.807, 2.05) is 24.3 Å². The van der Waals surface area contributed by atoms with Gasteiger partial charge in [-0.2, -0.15) is 0 Å². The average molecular weight is 354 g/mol. The number of hydrogen-bond acceptors (Lipinski definition) is 4. The first-order valence-corrected chi connectivity index (χ1v) is 6.22. The summed E-state index contributed by atoms with van der Waals surface area (Å²) >= 11 is 2.20. The lowest BCUT2D eigenvalue weighted by Gasteiger charge is -2.09. The first-order valence-electron chi connectivity index (χ1n) is 5.14. The molecule has 0 bridgehead atoms. The van der Waals surface area contributed by atoms with Crippen molar-refractivity contribution < 1.29 is 4.79 Å². The number of hydrogen-bond donors (Lipinski definition) is 3. The summed E-state index contributed by atoms with van der Waals surface area (Å²) in [4.78, 5) is 15.4. The fourth-order valence-electron chi connectivity index (χ4n) is 1.47. The standard InChI is InChI=1S/C12H11IN4O/c13-7-2-1-3-9(4-7)17-12-10(11(15)18)5-8(14)6-16-12/h1-6H,14H2,(H2,15,18)(H,16,17). The molecule has 1 amide bonds. The van der Waals surface area contributed by atoms with Crippen molar-refractivity contribution in [2.24, 2.45) is 5.73 Å². The van der Waals surface area contributed by atoms with Gasteiger partial charge < -0.3 is 16.8 Å². The molecule has 0 spiro atoms. The quantitative estimate of drug-likeness (QED) is 0.736. The van der Waals surface area contributed by atoms with Crippen LogP contribution < -0.4 is 16.8 Å². The molecule has 0 aliphatic heterocycles. The molecule has 0 unspecified atom stereocenters. The van der Waals surface area contributed by atoms with Crippen LogP contribution in [-0.2, 0) is 0 Å². The molecule has 0 radical (unpaired) electrons. The van der Waals surface area contributed by atoms with E-state index in [0.29, 0.717) is 11.5 Å². The SMILES string of the molecule is NC(=O)c1cc(N)cnc1Nc1cccc(I)c1. The highest BCUT2D eigenvalue weighted by atomic mass is 127. The monoisotopic (exact) mass is 354 g/mol. The molecule has 0 saturated heterocycles. The summed E-state index contributed by atoms with van der Waals surface area (Å²) in [5.41, 5.74) is 12.4. The van der Waals surface area contributed by atoms with E-state index in [1.165, 1.54) is 12.3 Å². The number of pyridine rings is 1. The third kappa shape index (κ3) is 2.89. The maximum absolute atomic E-state index is 11.3. The van der Waals surface area contributed by atoms with E-state index in [9.17, 15) is 4.79 Å². The van der Waals surface area contributed by atoms with Crippen LogP contribution in [0.1, 0.15) is 10.4 Å². The van der Waals surface area contributed by atoms with Gasteiger partial charge in [0.25, 0.3) is 5.91 Å². The average Bonchev–Trinajstić information content (AvgIpc) is 2.31. The number of halogens is 1. The topological polar surface area (TPSA) is 94.0 Å². The van der Waals surface area contributed by atoms with Crippen LogP contribution in [0.5, 0.6) is 0 Å². The van der Waals surface area contributed by atoms with E-state index in [-0.39, 0.29) is 5.56 Å². The molecule has 0 fully saturated rings. The van der Waals surface area contributed by atoms with E-state index in [1.54, 1.807) is 0 Å². The summed E-state index contributed by atoms with van der Waals surface area (Å²) < 4.78 is 1.08. The van der Waals surface area contributed by atoms with Crippen LogP contribution in [0.2, 0.25) is 0 Å². The molecule has 92 valence electrons. The van der Waals surface area contributed by atoms with Gasteiger partial charge in [0.15, 0.2) is 0 Å². The lowest BCUT2D eigenvalue weighted by Crippen LogP contribution is -2.14. The first-order chi connectivity index (χ1) is 8.56. The van der Waals surface area contributed by atoms with Crippen molar-refractivity contribution in [1.82, 2.24) is 4.98 Å². The van der Waals surface area contributed by atoms with Crippen molar-refractivity contribution >= 4 is 45.7 Å². The Labute approximate surface area is 118 Å². The second-order valence-corrected chi connectivity index (χ2v) is 4.91. The van der Waals surface area contributed by atoms with Gasteiger partial charge in [-0.1, -0.05) is 6.07 Å². The Morgan fingerprint density at radius 2 is 2.11 bits per heavy atom. The normalized spacial score (nSPS) is 10.1. The predicted molar refractivity (Wildman–Crippen MR) is 79.6 cm³/mol. The summed E-state index contributed by atoms with van der Waals surface area (Å²) in [5, 5.41) is 3.05. The number of nitrogen functional groups attached to an aromatic ring is 1. The number of carbonyl (C=O) groups excluding carboxylic acids is 1. The van der Waals surface area contributed by atoms with E-state index in [2.05, 4.69) is 32.9 Å². The number of benzene rings is 1. The van der Waals surface area contributed by atoms with E-state index >= 15 is 0 Å². The number of anilines is 3. The summed E-state index contributed by atoms with van der Waals surface area (Å²) in [5.74, 6) is -0.165. The van der Waals surface area contributed by atoms with Gasteiger partial charge in [0.1, 0.15) is 5.82 Å². The van der Waals surface area contributed by atoms with E-state index < -0.39 is 5.91 Å². The molecule has 5 N–H and O–H groups in total. The second-order valence-electron chi connectivity index (χ2n) is 3.66. The highest BCUT2D eigenvalue weighted by molar-refractivity contribution is 14.1. The summed E-state index contributed by atoms with van der Waals surface area (Å²) in [6.07, 6.45) is 1.47. The first kappa shape index (κ1) is 12.6. The zero-order chi connectivity index (χ0) is 13.1. The summed E-state index contributed by atoms with van der Waals surface area (Å²) in [7, 11) is 0. The predicted octanol–water partition coefficient (Wildman–Crippen LogP) is 2.11. The van der Waals surface area contributed by atoms with Crippen LogP contribution in [0.25, 0.3) is 0 Å². The van der Waals surface area contributed by atoms with Crippen LogP contribution in [0.15, 0.2) is 36.5 Å². The van der Waals surface area contributed by atoms with Crippen molar-refractivity contribution in [3.63, 3.8) is 0 Å². The molecule has 2 rings (SSSR count). The fourth-order valence-corrected chi connectivity index (χ4v) is 2.01. The largest absolute Gasteiger partial charge is 0.397 e. The van der Waals surface area contributed by atoms with E-state index in [4.69, 9.17) is 11.5 Å². The molecule has 0 saturated carbocycles. The number of nitrogens with zero attached hydrogens (tertiary/aromatic N) is 1. The molecule has 2 aromatic rings. The number of nitrogens with two attached hydrogens (primary N) is 2. The second kappa shape index (κ2) is 5.21. The van der Waals surface area contributed by atoms with Gasteiger partial charge in [0.05, 0.1) is 17.4 Å². The van der Waals surface area contributed by atoms with Crippen LogP contribution >= 0.6 is 22.6 Å². The van der Waals surface area contributed by atoms with Crippen molar-refractivity contribution in [2.75, 3.05) is 11.1 Å². The Hall–Kier alpha value is -1.83. The summed E-state index contributed by atoms with van der Waals surface area (Å²) in [6.45, 7) is 0. The zero-order valence-electron chi connectivity index (χ0n) is 9.35. The molecule has 0 atom stereocenters. The molecule has 5 nitrogen and oxygen atoms in total. The van der Waals surface area contributed by atoms with Crippen LogP contribution in [0.4, 0.5) is 17.2 Å². The third-order valence-electron chi connectivity index (χ3n) is 2.26. The van der Waals surface area contributed by atoms with Crippen molar-refractivity contribution in [3.8, 4) is 0 Å². The zero-order valence-corrected chi connectivity index (χ0v) is 11.5.